The number of rotatable bonds is 12. The fourth-order valence-electron chi connectivity index (χ4n) is 5.01. The molecule has 1 heterocycles. The normalized spacial score (nSPS) is 20.2. The number of nitrogens with one attached hydrogen (secondary N) is 3. The summed E-state index contributed by atoms with van der Waals surface area (Å²) in [7, 11) is 0. The molecule has 1 fully saturated rings. The van der Waals surface area contributed by atoms with Crippen LogP contribution in [0.4, 0.5) is 0 Å². The van der Waals surface area contributed by atoms with Crippen molar-refractivity contribution in [3.05, 3.63) is 35.9 Å². The summed E-state index contributed by atoms with van der Waals surface area (Å²) in [5, 5.41) is 20.2. The fourth-order valence-corrected chi connectivity index (χ4v) is 6.15. The minimum absolute atomic E-state index is 0.0833. The van der Waals surface area contributed by atoms with Gasteiger partial charge in [0.15, 0.2) is 6.10 Å². The van der Waals surface area contributed by atoms with Gasteiger partial charge in [-0.25, -0.2) is 0 Å². The summed E-state index contributed by atoms with van der Waals surface area (Å²) in [4.78, 5) is 55.6. The first-order chi connectivity index (χ1) is 20.2. The lowest BCUT2D eigenvalue weighted by atomic mass is 9.85. The Morgan fingerprint density at radius 3 is 2.16 bits per heavy atom. The van der Waals surface area contributed by atoms with Gasteiger partial charge < -0.3 is 31.7 Å². The van der Waals surface area contributed by atoms with Crippen molar-refractivity contribution in [3.63, 3.8) is 0 Å². The summed E-state index contributed by atoms with van der Waals surface area (Å²) in [5.41, 5.74) is 6.11. The third-order valence-electron chi connectivity index (χ3n) is 8.10. The third kappa shape index (κ3) is 10.2. The molecular weight excluding hydrogens is 578 g/mol. The molecule has 0 radical (unpaired) electrons. The van der Waals surface area contributed by atoms with Gasteiger partial charge in [-0.2, -0.15) is 0 Å². The van der Waals surface area contributed by atoms with Gasteiger partial charge in [-0.3, -0.25) is 19.2 Å². The smallest absolute Gasteiger partial charge is 0.254 e. The Morgan fingerprint density at radius 1 is 1.05 bits per heavy atom. The first kappa shape index (κ1) is 37.6. The minimum atomic E-state index is -1.65. The van der Waals surface area contributed by atoms with Crippen molar-refractivity contribution in [2.24, 2.45) is 22.5 Å². The highest BCUT2D eigenvalue weighted by Crippen LogP contribution is 2.40. The van der Waals surface area contributed by atoms with Crippen LogP contribution in [0.15, 0.2) is 30.3 Å². The molecule has 248 valence electrons. The van der Waals surface area contributed by atoms with Crippen molar-refractivity contribution in [2.75, 3.05) is 12.4 Å². The van der Waals surface area contributed by atoms with Crippen LogP contribution in [0.25, 0.3) is 0 Å². The van der Waals surface area contributed by atoms with Crippen LogP contribution in [-0.2, 0) is 25.6 Å². The van der Waals surface area contributed by atoms with Gasteiger partial charge in [0, 0.05) is 11.3 Å². The van der Waals surface area contributed by atoms with Crippen molar-refractivity contribution in [1.29, 1.82) is 0 Å². The molecule has 1 aliphatic heterocycles. The van der Waals surface area contributed by atoms with Gasteiger partial charge in [-0.1, -0.05) is 92.1 Å². The van der Waals surface area contributed by atoms with Crippen molar-refractivity contribution in [3.8, 4) is 0 Å². The monoisotopic (exact) mass is 633 g/mol. The van der Waals surface area contributed by atoms with E-state index in [1.54, 1.807) is 0 Å². The molecule has 0 saturated carbocycles. The van der Waals surface area contributed by atoms with Gasteiger partial charge in [-0.05, 0) is 42.6 Å². The summed E-state index contributed by atoms with van der Waals surface area (Å²) in [6, 6.07) is 5.62. The van der Waals surface area contributed by atoms with Crippen molar-refractivity contribution in [1.82, 2.24) is 20.9 Å². The molecule has 0 aromatic heterocycles. The van der Waals surface area contributed by atoms with Crippen LogP contribution < -0.4 is 21.7 Å². The molecule has 0 unspecified atom stereocenters. The number of hydrogen-bond donors (Lipinski definition) is 5. The highest BCUT2D eigenvalue weighted by molar-refractivity contribution is 8.00. The van der Waals surface area contributed by atoms with E-state index in [1.807, 2.05) is 99.6 Å². The van der Waals surface area contributed by atoms with Gasteiger partial charge >= 0.3 is 0 Å². The maximum Gasteiger partial charge on any atom is 0.254 e. The molecule has 1 aromatic carbocycles. The Balaban J connectivity index is 2.38. The van der Waals surface area contributed by atoms with E-state index in [4.69, 9.17) is 5.73 Å². The average Bonchev–Trinajstić information content (AvgIpc) is 3.26. The molecule has 1 aromatic rings. The number of aliphatic hydroxyl groups is 1. The average molecular weight is 634 g/mol. The first-order valence-corrected chi connectivity index (χ1v) is 16.5. The lowest BCUT2D eigenvalue weighted by molar-refractivity contribution is -0.148. The van der Waals surface area contributed by atoms with E-state index in [0.717, 1.165) is 5.56 Å². The number of benzene rings is 1. The Kier molecular flexibility index (Phi) is 12.9. The molecule has 1 aliphatic rings. The second-order valence-corrected chi connectivity index (χ2v) is 16.4. The summed E-state index contributed by atoms with van der Waals surface area (Å²) in [6.45, 7) is 19.6. The van der Waals surface area contributed by atoms with Crippen molar-refractivity contribution >= 4 is 35.4 Å². The summed E-state index contributed by atoms with van der Waals surface area (Å²) in [6.07, 6.45) is -0.790. The third-order valence-corrected chi connectivity index (χ3v) is 9.48. The predicted octanol–water partition coefficient (Wildman–Crippen LogP) is 2.82. The number of carbonyl (C=O) groups excluding carboxylic acids is 4. The Bertz CT molecular complexity index is 1150. The predicted molar refractivity (Wildman–Crippen MR) is 177 cm³/mol. The van der Waals surface area contributed by atoms with Crippen LogP contribution in [0.2, 0.25) is 0 Å². The van der Waals surface area contributed by atoms with Gasteiger partial charge in [0.1, 0.15) is 12.1 Å². The zero-order valence-electron chi connectivity index (χ0n) is 28.2. The minimum Gasteiger partial charge on any atom is -0.381 e. The second kappa shape index (κ2) is 15.1. The molecule has 11 heteroatoms. The number of hydrogen-bond acceptors (Lipinski definition) is 7. The zero-order chi connectivity index (χ0) is 33.6. The molecule has 2 rings (SSSR count). The SMILES string of the molecule is CC[C@H](C)[C@H](N)C(=O)N[C@H](C(=O)N[C@@H](Cc1ccccc1)[C@H](O)C(=O)N1CSC(C)(C)[C@H]1C(=O)NCC(C)(C)C)C(C)(C)C. The maximum atomic E-state index is 13.9. The molecule has 0 spiro atoms. The lowest BCUT2D eigenvalue weighted by Crippen LogP contribution is -2.62. The van der Waals surface area contributed by atoms with Crippen LogP contribution in [0.5, 0.6) is 0 Å². The van der Waals surface area contributed by atoms with Crippen LogP contribution in [0, 0.1) is 16.7 Å². The van der Waals surface area contributed by atoms with Crippen molar-refractivity contribution < 1.29 is 24.3 Å². The van der Waals surface area contributed by atoms with Crippen molar-refractivity contribution in [2.45, 2.75) is 117 Å². The van der Waals surface area contributed by atoms with Crippen LogP contribution in [0.1, 0.15) is 81.2 Å². The molecule has 4 amide bonds. The van der Waals surface area contributed by atoms with E-state index in [0.29, 0.717) is 13.0 Å². The number of nitrogens with two attached hydrogens (primary N) is 1. The quantitative estimate of drug-likeness (QED) is 0.237. The zero-order valence-corrected chi connectivity index (χ0v) is 29.0. The highest BCUT2D eigenvalue weighted by Gasteiger charge is 2.50. The number of thioether (sulfide) groups is 1. The molecule has 0 aliphatic carbocycles. The van der Waals surface area contributed by atoms with E-state index < -0.39 is 58.2 Å². The number of carbonyl (C=O) groups is 4. The molecule has 0 bridgehead atoms. The van der Waals surface area contributed by atoms with E-state index in [-0.39, 0.29) is 29.5 Å². The molecule has 6 atom stereocenters. The highest BCUT2D eigenvalue weighted by atomic mass is 32.2. The Labute approximate surface area is 268 Å². The van der Waals surface area contributed by atoms with Crippen LogP contribution in [-0.4, -0.2) is 81.1 Å². The fraction of sp³-hybridized carbons (Fsp3) is 0.697. The van der Waals surface area contributed by atoms with Crippen LogP contribution in [0.3, 0.4) is 0 Å². The van der Waals surface area contributed by atoms with E-state index >= 15 is 0 Å². The molecule has 10 nitrogen and oxygen atoms in total. The number of aliphatic hydroxyl groups excluding tert-OH is 1. The first-order valence-electron chi connectivity index (χ1n) is 15.5. The Hall–Kier alpha value is -2.63. The topological polar surface area (TPSA) is 154 Å². The van der Waals surface area contributed by atoms with E-state index in [9.17, 15) is 24.3 Å². The van der Waals surface area contributed by atoms with E-state index in [1.165, 1.54) is 16.7 Å². The summed E-state index contributed by atoms with van der Waals surface area (Å²) < 4.78 is -0.592. The van der Waals surface area contributed by atoms with Gasteiger partial charge in [0.05, 0.1) is 18.0 Å². The standard InChI is InChI=1S/C33H55N5O5S/c1-11-20(2)23(34)27(40)37-25(32(6,7)8)28(41)36-22(17-21-15-13-12-14-16-21)24(39)30(43)38-19-44-33(9,10)26(38)29(42)35-18-31(3,4)5/h12-16,20,22-26,39H,11,17-19,34H2,1-10H3,(H,35,42)(H,36,41)(H,37,40)/t20-,22-,23-,24-,25+,26+/m0/s1. The second-order valence-electron chi connectivity index (χ2n) is 14.8. The van der Waals surface area contributed by atoms with Gasteiger partial charge in [0.2, 0.25) is 17.7 Å². The largest absolute Gasteiger partial charge is 0.381 e. The van der Waals surface area contributed by atoms with E-state index in [2.05, 4.69) is 16.0 Å². The molecule has 1 saturated heterocycles. The molecular formula is C33H55N5O5S. The number of amides is 4. The van der Waals surface area contributed by atoms with Gasteiger partial charge in [0.25, 0.3) is 5.91 Å². The molecule has 6 N–H and O–H groups in total. The Morgan fingerprint density at radius 2 is 1.64 bits per heavy atom. The molecule has 44 heavy (non-hydrogen) atoms. The lowest BCUT2D eigenvalue weighted by Gasteiger charge is -2.36. The summed E-state index contributed by atoms with van der Waals surface area (Å²) >= 11 is 1.46. The summed E-state index contributed by atoms with van der Waals surface area (Å²) in [5.74, 6) is -1.77. The maximum absolute atomic E-state index is 13.9. The van der Waals surface area contributed by atoms with Gasteiger partial charge in [-0.15, -0.1) is 11.8 Å². The number of nitrogens with zero attached hydrogens (tertiary/aromatic N) is 1. The van der Waals surface area contributed by atoms with Crippen LogP contribution >= 0.6 is 11.8 Å².